The highest BCUT2D eigenvalue weighted by Gasteiger charge is 2.21. The first-order valence-electron chi connectivity index (χ1n) is 6.68. The number of para-hydroxylation sites is 2. The van der Waals surface area contributed by atoms with Crippen LogP contribution in [-0.4, -0.2) is 16.9 Å². The third-order valence-electron chi connectivity index (χ3n) is 3.36. The lowest BCUT2D eigenvalue weighted by molar-refractivity contribution is 0.0814. The second-order valence-corrected chi connectivity index (χ2v) is 4.80. The van der Waals surface area contributed by atoms with Crippen LogP contribution in [0.4, 0.5) is 4.39 Å². The van der Waals surface area contributed by atoms with E-state index < -0.39 is 11.9 Å². The fourth-order valence-corrected chi connectivity index (χ4v) is 2.28. The molecule has 1 aromatic heterocycles. The molecule has 0 aliphatic rings. The molecule has 3 rings (SSSR count). The highest BCUT2D eigenvalue weighted by Crippen LogP contribution is 2.22. The van der Waals surface area contributed by atoms with Crippen LogP contribution in [0.3, 0.4) is 0 Å². The zero-order valence-corrected chi connectivity index (χ0v) is 11.5. The number of aromatic amines is 1. The first kappa shape index (κ1) is 13.4. The van der Waals surface area contributed by atoms with Gasteiger partial charge in [-0.2, -0.15) is 0 Å². The highest BCUT2D eigenvalue weighted by molar-refractivity contribution is 6.09. The van der Waals surface area contributed by atoms with Crippen LogP contribution in [0.5, 0.6) is 5.75 Å². The first-order valence-corrected chi connectivity index (χ1v) is 6.68. The van der Waals surface area contributed by atoms with Crippen LogP contribution in [-0.2, 0) is 0 Å². The molecule has 106 valence electrons. The van der Waals surface area contributed by atoms with E-state index >= 15 is 0 Å². The van der Waals surface area contributed by atoms with Gasteiger partial charge in [-0.05, 0) is 25.1 Å². The number of carbonyl (C=O) groups excluding carboxylic acids is 1. The molecule has 0 unspecified atom stereocenters. The Morgan fingerprint density at radius 1 is 1.14 bits per heavy atom. The van der Waals surface area contributed by atoms with Crippen molar-refractivity contribution < 1.29 is 13.9 Å². The molecule has 0 saturated carbocycles. The lowest BCUT2D eigenvalue weighted by Crippen LogP contribution is -2.24. The molecule has 1 N–H and O–H groups in total. The normalized spacial score (nSPS) is 12.3. The topological polar surface area (TPSA) is 42.1 Å². The minimum Gasteiger partial charge on any atom is -0.479 e. The van der Waals surface area contributed by atoms with Gasteiger partial charge in [-0.3, -0.25) is 4.79 Å². The van der Waals surface area contributed by atoms with Crippen LogP contribution in [0, 0.1) is 5.82 Å². The van der Waals surface area contributed by atoms with Gasteiger partial charge in [0.15, 0.2) is 17.7 Å². The predicted molar refractivity (Wildman–Crippen MR) is 79.1 cm³/mol. The molecular weight excluding hydrogens is 269 g/mol. The number of benzene rings is 2. The van der Waals surface area contributed by atoms with Crippen LogP contribution in [0.15, 0.2) is 54.7 Å². The number of hydrogen-bond acceptors (Lipinski definition) is 2. The van der Waals surface area contributed by atoms with E-state index in [0.29, 0.717) is 5.56 Å². The van der Waals surface area contributed by atoms with Gasteiger partial charge in [0.2, 0.25) is 5.78 Å². The molecule has 0 aliphatic heterocycles. The van der Waals surface area contributed by atoms with E-state index in [1.807, 2.05) is 24.3 Å². The second kappa shape index (κ2) is 5.40. The molecule has 0 bridgehead atoms. The van der Waals surface area contributed by atoms with E-state index in [0.717, 1.165) is 10.9 Å². The van der Waals surface area contributed by atoms with Crippen molar-refractivity contribution >= 4 is 16.7 Å². The minimum absolute atomic E-state index is 0.0817. The second-order valence-electron chi connectivity index (χ2n) is 4.80. The summed E-state index contributed by atoms with van der Waals surface area (Å²) >= 11 is 0. The molecule has 0 saturated heterocycles. The van der Waals surface area contributed by atoms with Gasteiger partial charge in [-0.1, -0.05) is 30.3 Å². The Bertz CT molecular complexity index is 794. The zero-order valence-electron chi connectivity index (χ0n) is 11.5. The Labute approximate surface area is 121 Å². The number of Topliss-reactive ketones (excluding diaryl/α,β-unsaturated/α-hetero) is 1. The third-order valence-corrected chi connectivity index (χ3v) is 3.36. The molecule has 1 atom stereocenters. The molecule has 0 amide bonds. The molecule has 0 spiro atoms. The number of aromatic nitrogens is 1. The van der Waals surface area contributed by atoms with E-state index in [1.165, 1.54) is 12.1 Å². The van der Waals surface area contributed by atoms with Gasteiger partial charge >= 0.3 is 0 Å². The van der Waals surface area contributed by atoms with E-state index in [1.54, 1.807) is 25.3 Å². The number of halogens is 1. The molecule has 21 heavy (non-hydrogen) atoms. The van der Waals surface area contributed by atoms with Crippen LogP contribution < -0.4 is 4.74 Å². The maximum absolute atomic E-state index is 13.6. The smallest absolute Gasteiger partial charge is 0.205 e. The maximum Gasteiger partial charge on any atom is 0.205 e. The van der Waals surface area contributed by atoms with Crippen molar-refractivity contribution in [3.63, 3.8) is 0 Å². The fraction of sp³-hybridized carbons (Fsp3) is 0.118. The van der Waals surface area contributed by atoms with Crippen LogP contribution in [0.2, 0.25) is 0 Å². The van der Waals surface area contributed by atoms with Crippen molar-refractivity contribution in [3.05, 3.63) is 66.1 Å². The Morgan fingerprint density at radius 2 is 1.86 bits per heavy atom. The number of carbonyl (C=O) groups is 1. The van der Waals surface area contributed by atoms with E-state index in [-0.39, 0.29) is 11.5 Å². The summed E-state index contributed by atoms with van der Waals surface area (Å²) in [6.07, 6.45) is 0.898. The Hall–Kier alpha value is -2.62. The van der Waals surface area contributed by atoms with Crippen molar-refractivity contribution in [1.82, 2.24) is 4.98 Å². The summed E-state index contributed by atoms with van der Waals surface area (Å²) in [4.78, 5) is 15.5. The SMILES string of the molecule is C[C@@H](Oc1ccccc1F)C(=O)c1c[nH]c2ccccc12. The lowest BCUT2D eigenvalue weighted by Gasteiger charge is -2.13. The van der Waals surface area contributed by atoms with Gasteiger partial charge in [0.1, 0.15) is 0 Å². The van der Waals surface area contributed by atoms with Crippen LogP contribution in [0.1, 0.15) is 17.3 Å². The molecule has 2 aromatic carbocycles. The summed E-state index contributed by atoms with van der Waals surface area (Å²) < 4.78 is 19.0. The monoisotopic (exact) mass is 283 g/mol. The van der Waals surface area contributed by atoms with E-state index in [4.69, 9.17) is 4.74 Å². The number of fused-ring (bicyclic) bond motifs is 1. The quantitative estimate of drug-likeness (QED) is 0.736. The van der Waals surface area contributed by atoms with Gasteiger partial charge in [0, 0.05) is 22.7 Å². The van der Waals surface area contributed by atoms with Crippen molar-refractivity contribution in [2.24, 2.45) is 0 Å². The molecular formula is C17H14FNO2. The zero-order chi connectivity index (χ0) is 14.8. The van der Waals surface area contributed by atoms with Gasteiger partial charge in [-0.25, -0.2) is 4.39 Å². The summed E-state index contributed by atoms with van der Waals surface area (Å²) in [6, 6.07) is 13.6. The molecule has 0 aliphatic carbocycles. The fourth-order valence-electron chi connectivity index (χ4n) is 2.28. The van der Waals surface area contributed by atoms with Crippen molar-refractivity contribution in [2.45, 2.75) is 13.0 Å². The van der Waals surface area contributed by atoms with Gasteiger partial charge in [0.05, 0.1) is 0 Å². The molecule has 4 heteroatoms. The third kappa shape index (κ3) is 2.52. The number of H-pyrrole nitrogens is 1. The van der Waals surface area contributed by atoms with E-state index in [2.05, 4.69) is 4.98 Å². The maximum atomic E-state index is 13.6. The summed E-state index contributed by atoms with van der Waals surface area (Å²) in [5.41, 5.74) is 1.44. The van der Waals surface area contributed by atoms with Gasteiger partial charge in [0.25, 0.3) is 0 Å². The van der Waals surface area contributed by atoms with Gasteiger partial charge in [-0.15, -0.1) is 0 Å². The molecule has 0 fully saturated rings. The Kier molecular flexibility index (Phi) is 3.44. The molecule has 0 radical (unpaired) electrons. The summed E-state index contributed by atoms with van der Waals surface area (Å²) in [5, 5.41) is 0.839. The molecule has 1 heterocycles. The van der Waals surface area contributed by atoms with Crippen molar-refractivity contribution in [2.75, 3.05) is 0 Å². The number of hydrogen-bond donors (Lipinski definition) is 1. The molecule has 3 nitrogen and oxygen atoms in total. The first-order chi connectivity index (χ1) is 10.2. The standard InChI is InChI=1S/C17H14FNO2/c1-11(21-16-9-5-3-7-14(16)18)17(20)13-10-19-15-8-4-2-6-12(13)15/h2-11,19H,1H3/t11-/m1/s1. The van der Waals surface area contributed by atoms with Gasteiger partial charge < -0.3 is 9.72 Å². The Morgan fingerprint density at radius 3 is 2.67 bits per heavy atom. The van der Waals surface area contributed by atoms with E-state index in [9.17, 15) is 9.18 Å². The summed E-state index contributed by atoms with van der Waals surface area (Å²) in [6.45, 7) is 1.62. The number of ketones is 1. The number of rotatable bonds is 4. The van der Waals surface area contributed by atoms with Crippen LogP contribution >= 0.6 is 0 Å². The predicted octanol–water partition coefficient (Wildman–Crippen LogP) is 3.96. The summed E-state index contributed by atoms with van der Waals surface area (Å²) in [5.74, 6) is -0.579. The number of ether oxygens (including phenoxy) is 1. The van der Waals surface area contributed by atoms with Crippen molar-refractivity contribution in [1.29, 1.82) is 0 Å². The summed E-state index contributed by atoms with van der Waals surface area (Å²) in [7, 11) is 0. The minimum atomic E-state index is -0.763. The molecule has 3 aromatic rings. The van der Waals surface area contributed by atoms with Crippen molar-refractivity contribution in [3.8, 4) is 5.75 Å². The average Bonchev–Trinajstić information content (AvgIpc) is 2.92. The average molecular weight is 283 g/mol. The van der Waals surface area contributed by atoms with Crippen LogP contribution in [0.25, 0.3) is 10.9 Å². The Balaban J connectivity index is 1.86. The highest BCUT2D eigenvalue weighted by atomic mass is 19.1. The lowest BCUT2D eigenvalue weighted by atomic mass is 10.1. The largest absolute Gasteiger partial charge is 0.479 e. The number of nitrogens with one attached hydrogen (secondary N) is 1.